The molecule has 2 aromatic carbocycles. The molecule has 0 aliphatic carbocycles. The summed E-state index contributed by atoms with van der Waals surface area (Å²) in [5, 5.41) is 0. The quantitative estimate of drug-likeness (QED) is 0.538. The Morgan fingerprint density at radius 3 is 2.27 bits per heavy atom. The lowest BCUT2D eigenvalue weighted by Crippen LogP contribution is -2.36. The number of carbonyl (C=O) groups is 1. The molecule has 164 valence electrons. The fraction of sp³-hybridized carbons (Fsp3) is 0.381. The molecule has 0 aromatic heterocycles. The first-order valence-electron chi connectivity index (χ1n) is 9.44. The first kappa shape index (κ1) is 23.7. The highest BCUT2D eigenvalue weighted by Crippen LogP contribution is 2.31. The predicted molar refractivity (Wildman–Crippen MR) is 106 cm³/mol. The number of nitrogens with zero attached hydrogens (tertiary/aromatic N) is 1. The van der Waals surface area contributed by atoms with Crippen molar-refractivity contribution in [2.75, 3.05) is 0 Å². The van der Waals surface area contributed by atoms with Gasteiger partial charge in [0.1, 0.15) is 10.6 Å². The van der Waals surface area contributed by atoms with E-state index in [1.807, 2.05) is 20.8 Å². The van der Waals surface area contributed by atoms with Gasteiger partial charge in [-0.25, -0.2) is 0 Å². The number of carbonyl (C=O) groups excluding carboxylic acids is 1. The van der Waals surface area contributed by atoms with E-state index in [1.54, 1.807) is 17.0 Å². The SMILES string of the molecule is CCCC(=O)N(Cc1ccc(OS(=O)(=O)c2cccc(C(F)(F)F)c2)cc1)C(C)C. The number of rotatable bonds is 8. The van der Waals surface area contributed by atoms with Crippen molar-refractivity contribution in [3.8, 4) is 5.75 Å². The van der Waals surface area contributed by atoms with Crippen LogP contribution in [0, 0.1) is 0 Å². The Labute approximate surface area is 174 Å². The van der Waals surface area contributed by atoms with Gasteiger partial charge in [-0.05, 0) is 56.2 Å². The summed E-state index contributed by atoms with van der Waals surface area (Å²) >= 11 is 0. The standard InChI is InChI=1S/C21H24F3NO4S/c1-4-6-20(26)25(15(2)3)14-16-9-11-18(12-10-16)29-30(27,28)19-8-5-7-17(13-19)21(22,23)24/h5,7-13,15H,4,6,14H2,1-3H3. The molecule has 0 fully saturated rings. The van der Waals surface area contributed by atoms with Crippen LogP contribution in [0.15, 0.2) is 53.4 Å². The van der Waals surface area contributed by atoms with E-state index < -0.39 is 26.8 Å². The van der Waals surface area contributed by atoms with Gasteiger partial charge < -0.3 is 9.08 Å². The summed E-state index contributed by atoms with van der Waals surface area (Å²) in [4.78, 5) is 13.4. The van der Waals surface area contributed by atoms with E-state index in [0.717, 1.165) is 30.2 Å². The van der Waals surface area contributed by atoms with Crippen LogP contribution in [-0.2, 0) is 27.6 Å². The molecule has 30 heavy (non-hydrogen) atoms. The van der Waals surface area contributed by atoms with Crippen molar-refractivity contribution in [1.29, 1.82) is 0 Å². The largest absolute Gasteiger partial charge is 0.416 e. The zero-order valence-corrected chi connectivity index (χ0v) is 17.8. The minimum Gasteiger partial charge on any atom is -0.379 e. The Hall–Kier alpha value is -2.55. The van der Waals surface area contributed by atoms with Crippen molar-refractivity contribution in [3.63, 3.8) is 0 Å². The number of hydrogen-bond donors (Lipinski definition) is 0. The van der Waals surface area contributed by atoms with E-state index in [0.29, 0.717) is 19.0 Å². The van der Waals surface area contributed by atoms with E-state index in [-0.39, 0.29) is 17.7 Å². The second-order valence-corrected chi connectivity index (χ2v) is 8.62. The fourth-order valence-electron chi connectivity index (χ4n) is 2.77. The van der Waals surface area contributed by atoms with Gasteiger partial charge in [0.2, 0.25) is 5.91 Å². The summed E-state index contributed by atoms with van der Waals surface area (Å²) in [6, 6.07) is 9.41. The predicted octanol–water partition coefficient (Wildman–Crippen LogP) is 5.01. The molecule has 0 unspecified atom stereocenters. The van der Waals surface area contributed by atoms with E-state index in [1.165, 1.54) is 12.1 Å². The van der Waals surface area contributed by atoms with Crippen LogP contribution in [0.25, 0.3) is 0 Å². The topological polar surface area (TPSA) is 63.7 Å². The third-order valence-electron chi connectivity index (χ3n) is 4.34. The number of alkyl halides is 3. The van der Waals surface area contributed by atoms with Crippen LogP contribution >= 0.6 is 0 Å². The van der Waals surface area contributed by atoms with Crippen LogP contribution in [0.4, 0.5) is 13.2 Å². The monoisotopic (exact) mass is 443 g/mol. The lowest BCUT2D eigenvalue weighted by atomic mass is 10.1. The summed E-state index contributed by atoms with van der Waals surface area (Å²) in [7, 11) is -4.43. The van der Waals surface area contributed by atoms with Gasteiger partial charge in [-0.15, -0.1) is 0 Å². The molecule has 1 amide bonds. The van der Waals surface area contributed by atoms with E-state index in [2.05, 4.69) is 0 Å². The maximum absolute atomic E-state index is 12.8. The minimum absolute atomic E-state index is 0.00117. The Bertz CT molecular complexity index is 970. The number of hydrogen-bond acceptors (Lipinski definition) is 4. The third-order valence-corrected chi connectivity index (χ3v) is 5.58. The maximum Gasteiger partial charge on any atom is 0.416 e. The van der Waals surface area contributed by atoms with Crippen LogP contribution in [-0.4, -0.2) is 25.3 Å². The van der Waals surface area contributed by atoms with E-state index in [9.17, 15) is 26.4 Å². The molecule has 0 saturated carbocycles. The summed E-state index contributed by atoms with van der Waals surface area (Å²) in [6.07, 6.45) is -3.48. The maximum atomic E-state index is 12.8. The average Bonchev–Trinajstić information content (AvgIpc) is 2.66. The van der Waals surface area contributed by atoms with Crippen LogP contribution in [0.2, 0.25) is 0 Å². The van der Waals surface area contributed by atoms with Gasteiger partial charge in [0, 0.05) is 19.0 Å². The van der Waals surface area contributed by atoms with Gasteiger partial charge >= 0.3 is 16.3 Å². The van der Waals surface area contributed by atoms with Gasteiger partial charge in [-0.3, -0.25) is 4.79 Å². The molecule has 0 saturated heterocycles. The molecular weight excluding hydrogens is 419 g/mol. The second-order valence-electron chi connectivity index (χ2n) is 7.07. The van der Waals surface area contributed by atoms with Crippen molar-refractivity contribution >= 4 is 16.0 Å². The molecule has 0 aliphatic rings. The highest BCUT2D eigenvalue weighted by Gasteiger charge is 2.32. The molecule has 2 rings (SSSR count). The molecule has 0 spiro atoms. The Balaban J connectivity index is 2.16. The lowest BCUT2D eigenvalue weighted by Gasteiger charge is -2.27. The van der Waals surface area contributed by atoms with E-state index in [4.69, 9.17) is 4.18 Å². The molecule has 0 N–H and O–H groups in total. The van der Waals surface area contributed by atoms with Crippen LogP contribution in [0.3, 0.4) is 0 Å². The van der Waals surface area contributed by atoms with E-state index >= 15 is 0 Å². The zero-order chi connectivity index (χ0) is 22.5. The molecule has 0 radical (unpaired) electrons. The zero-order valence-electron chi connectivity index (χ0n) is 16.9. The normalized spacial score (nSPS) is 12.1. The highest BCUT2D eigenvalue weighted by atomic mass is 32.2. The lowest BCUT2D eigenvalue weighted by molar-refractivity contribution is -0.137. The van der Waals surface area contributed by atoms with Crippen LogP contribution in [0.1, 0.15) is 44.7 Å². The Kier molecular flexibility index (Phi) is 7.52. The Morgan fingerprint density at radius 2 is 1.73 bits per heavy atom. The summed E-state index contributed by atoms with van der Waals surface area (Å²) in [5.74, 6) is -0.00732. The second kappa shape index (κ2) is 9.51. The molecule has 0 bridgehead atoms. The number of amides is 1. The molecule has 9 heteroatoms. The molecule has 0 aliphatic heterocycles. The van der Waals surface area contributed by atoms with Crippen LogP contribution in [0.5, 0.6) is 5.75 Å². The fourth-order valence-corrected chi connectivity index (χ4v) is 3.74. The van der Waals surface area contributed by atoms with Crippen molar-refractivity contribution in [2.24, 2.45) is 0 Å². The van der Waals surface area contributed by atoms with Gasteiger partial charge in [0.15, 0.2) is 0 Å². The van der Waals surface area contributed by atoms with Gasteiger partial charge in [0.25, 0.3) is 0 Å². The molecule has 5 nitrogen and oxygen atoms in total. The summed E-state index contributed by atoms with van der Waals surface area (Å²) < 4.78 is 68.2. The smallest absolute Gasteiger partial charge is 0.379 e. The first-order chi connectivity index (χ1) is 13.9. The van der Waals surface area contributed by atoms with Crippen molar-refractivity contribution < 1.29 is 30.6 Å². The molecule has 0 atom stereocenters. The molecular formula is C21H24F3NO4S. The van der Waals surface area contributed by atoms with Crippen molar-refractivity contribution in [2.45, 2.75) is 57.3 Å². The van der Waals surface area contributed by atoms with Gasteiger partial charge in [-0.1, -0.05) is 25.1 Å². The average molecular weight is 443 g/mol. The first-order valence-corrected chi connectivity index (χ1v) is 10.8. The number of benzene rings is 2. The van der Waals surface area contributed by atoms with Gasteiger partial charge in [0.05, 0.1) is 5.56 Å². The van der Waals surface area contributed by atoms with Gasteiger partial charge in [-0.2, -0.15) is 21.6 Å². The minimum atomic E-state index is -4.66. The van der Waals surface area contributed by atoms with Crippen molar-refractivity contribution in [1.82, 2.24) is 4.90 Å². The highest BCUT2D eigenvalue weighted by molar-refractivity contribution is 7.87. The third kappa shape index (κ3) is 6.22. The Morgan fingerprint density at radius 1 is 1.10 bits per heavy atom. The summed E-state index contributed by atoms with van der Waals surface area (Å²) in [6.45, 7) is 6.10. The molecule has 0 heterocycles. The number of halogens is 3. The molecule has 2 aromatic rings. The van der Waals surface area contributed by atoms with Crippen molar-refractivity contribution in [3.05, 3.63) is 59.7 Å². The summed E-state index contributed by atoms with van der Waals surface area (Å²) in [5.41, 5.74) is -0.301. The van der Waals surface area contributed by atoms with Crippen LogP contribution < -0.4 is 4.18 Å².